The minimum Gasteiger partial charge on any atom is -0.481 e. The number of carboxylic acid groups (broad SMARTS) is 1. The number of amides is 3. The Bertz CT molecular complexity index is 1130. The molecule has 0 aromatic heterocycles. The van der Waals surface area contributed by atoms with Gasteiger partial charge in [-0.05, 0) is 76.0 Å². The van der Waals surface area contributed by atoms with E-state index in [1.165, 1.54) is 0 Å². The van der Waals surface area contributed by atoms with Crippen LogP contribution in [0.25, 0.3) is 0 Å². The molecule has 1 saturated heterocycles. The number of carbonyl (C=O) groups excluding carboxylic acids is 4. The maximum absolute atomic E-state index is 14.2. The first-order chi connectivity index (χ1) is 20.6. The van der Waals surface area contributed by atoms with Gasteiger partial charge in [0.05, 0.1) is 11.6 Å². The fraction of sp³-hybridized carbons (Fsp3) is 0.774. The molecular formula is C31H50N4O8S. The van der Waals surface area contributed by atoms with E-state index in [0.29, 0.717) is 13.0 Å². The van der Waals surface area contributed by atoms with E-state index in [1.807, 2.05) is 0 Å². The summed E-state index contributed by atoms with van der Waals surface area (Å²) in [4.78, 5) is 66.2. The molecule has 0 aromatic rings. The number of piperidine rings is 1. The highest BCUT2D eigenvalue weighted by Crippen LogP contribution is 2.65. The summed E-state index contributed by atoms with van der Waals surface area (Å²) in [6.07, 6.45) is 6.66. The third-order valence-electron chi connectivity index (χ3n) is 9.07. The van der Waals surface area contributed by atoms with E-state index >= 15 is 0 Å². The lowest BCUT2D eigenvalue weighted by Gasteiger charge is -2.37. The normalized spacial score (nSPS) is 24.8. The van der Waals surface area contributed by atoms with Crippen LogP contribution in [-0.2, 0) is 39.4 Å². The van der Waals surface area contributed by atoms with Crippen molar-refractivity contribution in [2.75, 3.05) is 13.1 Å². The molecule has 2 saturated carbocycles. The van der Waals surface area contributed by atoms with Crippen LogP contribution in [0.3, 0.4) is 0 Å². The van der Waals surface area contributed by atoms with Gasteiger partial charge in [0.2, 0.25) is 28.9 Å². The Morgan fingerprint density at radius 3 is 2.39 bits per heavy atom. The molecule has 3 unspecified atom stereocenters. The van der Waals surface area contributed by atoms with Crippen LogP contribution in [0.4, 0.5) is 0 Å². The van der Waals surface area contributed by atoms with E-state index in [1.54, 1.807) is 31.7 Å². The van der Waals surface area contributed by atoms with Crippen LogP contribution in [0.15, 0.2) is 12.7 Å². The average Bonchev–Trinajstić information content (AvgIpc) is 3.27. The molecule has 13 heteroatoms. The highest BCUT2D eigenvalue weighted by molar-refractivity contribution is 7.78. The SMILES string of the molecule is C=CCC[C@@H](NC(=O)[C@@H]1C2C(CN1C(=O)[C@@H](NS(=O)OC(C)(C)C)C1CCCCC1)C2(C)C)C(=O)C(=O)NCCCC(=O)O. The minimum absolute atomic E-state index is 0.0116. The fourth-order valence-electron chi connectivity index (χ4n) is 6.66. The summed E-state index contributed by atoms with van der Waals surface area (Å²) in [5.41, 5.74) is -0.887. The molecule has 1 aliphatic heterocycles. The summed E-state index contributed by atoms with van der Waals surface area (Å²) < 4.78 is 21.5. The largest absolute Gasteiger partial charge is 0.481 e. The molecule has 248 valence electrons. The molecular weight excluding hydrogens is 588 g/mol. The summed E-state index contributed by atoms with van der Waals surface area (Å²) in [6.45, 7) is 13.5. The highest BCUT2D eigenvalue weighted by atomic mass is 32.2. The van der Waals surface area contributed by atoms with Gasteiger partial charge in [0, 0.05) is 19.5 Å². The first kappa shape index (κ1) is 35.8. The van der Waals surface area contributed by atoms with Crippen LogP contribution in [0.1, 0.15) is 92.4 Å². The number of likely N-dealkylation sites (tertiary alicyclic amines) is 1. The maximum Gasteiger partial charge on any atom is 0.303 e. The molecule has 0 bridgehead atoms. The Morgan fingerprint density at radius 1 is 1.14 bits per heavy atom. The van der Waals surface area contributed by atoms with Gasteiger partial charge < -0.3 is 20.6 Å². The molecule has 0 spiro atoms. The van der Waals surface area contributed by atoms with E-state index in [0.717, 1.165) is 32.1 Å². The van der Waals surface area contributed by atoms with Crippen LogP contribution in [-0.4, -0.2) is 80.5 Å². The molecule has 1 heterocycles. The molecule has 0 aromatic carbocycles. The van der Waals surface area contributed by atoms with Crippen LogP contribution >= 0.6 is 0 Å². The monoisotopic (exact) mass is 638 g/mol. The summed E-state index contributed by atoms with van der Waals surface area (Å²) in [7, 11) is 0. The van der Waals surface area contributed by atoms with Gasteiger partial charge in [-0.1, -0.05) is 39.2 Å². The van der Waals surface area contributed by atoms with Gasteiger partial charge in [-0.3, -0.25) is 28.2 Å². The Hall–Kier alpha value is -2.64. The Labute approximate surface area is 263 Å². The topological polar surface area (TPSA) is 171 Å². The number of carboxylic acids is 1. The van der Waals surface area contributed by atoms with Gasteiger partial charge in [-0.2, -0.15) is 0 Å². The number of nitrogens with one attached hydrogen (secondary N) is 3. The van der Waals surface area contributed by atoms with Gasteiger partial charge in [0.15, 0.2) is 0 Å². The van der Waals surface area contributed by atoms with Crippen molar-refractivity contribution in [2.24, 2.45) is 23.2 Å². The molecule has 4 N–H and O–H groups in total. The number of rotatable bonds is 16. The summed E-state index contributed by atoms with van der Waals surface area (Å²) >= 11 is -1.94. The number of ketones is 1. The van der Waals surface area contributed by atoms with Gasteiger partial charge in [-0.25, -0.2) is 8.93 Å². The number of Topliss-reactive ketones (excluding diaryl/α,β-unsaturated/α-hetero) is 1. The molecule has 3 amide bonds. The second kappa shape index (κ2) is 15.1. The fourth-order valence-corrected chi connectivity index (χ4v) is 7.66. The lowest BCUT2D eigenvalue weighted by Crippen LogP contribution is -2.59. The quantitative estimate of drug-likeness (QED) is 0.113. The molecule has 12 nitrogen and oxygen atoms in total. The number of hydrogen-bond acceptors (Lipinski definition) is 7. The Morgan fingerprint density at radius 2 is 1.80 bits per heavy atom. The van der Waals surface area contributed by atoms with Crippen molar-refractivity contribution < 1.29 is 37.5 Å². The predicted octanol–water partition coefficient (Wildman–Crippen LogP) is 2.40. The molecule has 3 aliphatic rings. The van der Waals surface area contributed by atoms with Crippen molar-refractivity contribution in [3.63, 3.8) is 0 Å². The zero-order valence-electron chi connectivity index (χ0n) is 26.7. The van der Waals surface area contributed by atoms with Crippen molar-refractivity contribution in [2.45, 2.75) is 116 Å². The van der Waals surface area contributed by atoms with Crippen molar-refractivity contribution in [1.82, 2.24) is 20.3 Å². The second-order valence-corrected chi connectivity index (χ2v) is 14.7. The molecule has 0 radical (unpaired) electrons. The third kappa shape index (κ3) is 9.20. The van der Waals surface area contributed by atoms with E-state index in [-0.39, 0.29) is 54.9 Å². The molecule has 3 rings (SSSR count). The standard InChI is InChI=1S/C31H50N4O8S/c1-7-8-15-21(26(38)28(40)32-17-12-16-22(36)37)33-27(39)25-23-20(31(23,5)6)18-35(25)29(41)24(19-13-10-9-11-14-19)34-44(42)43-30(2,3)4/h7,19-21,23-25,34H,1,8-18H2,2-6H3,(H,32,40)(H,33,39)(H,36,37)/t20?,21-,23?,24+,25+,44?/m1/s1. The van der Waals surface area contributed by atoms with Gasteiger partial charge in [0.1, 0.15) is 12.1 Å². The highest BCUT2D eigenvalue weighted by Gasteiger charge is 2.69. The van der Waals surface area contributed by atoms with Gasteiger partial charge in [0.25, 0.3) is 5.91 Å². The summed E-state index contributed by atoms with van der Waals surface area (Å²) in [6, 6.07) is -2.80. The van der Waals surface area contributed by atoms with Crippen molar-refractivity contribution in [3.8, 4) is 0 Å². The van der Waals surface area contributed by atoms with Crippen molar-refractivity contribution >= 4 is 40.7 Å². The Balaban J connectivity index is 1.80. The lowest BCUT2D eigenvalue weighted by atomic mass is 9.83. The number of allylic oxidation sites excluding steroid dienone is 1. The van der Waals surface area contributed by atoms with E-state index in [4.69, 9.17) is 9.29 Å². The first-order valence-electron chi connectivity index (χ1n) is 15.7. The number of hydrogen-bond donors (Lipinski definition) is 4. The lowest BCUT2D eigenvalue weighted by molar-refractivity contribution is -0.144. The minimum atomic E-state index is -1.94. The van der Waals surface area contributed by atoms with Crippen LogP contribution < -0.4 is 15.4 Å². The summed E-state index contributed by atoms with van der Waals surface area (Å²) in [5.74, 6) is -3.67. The zero-order chi connectivity index (χ0) is 32.8. The maximum atomic E-state index is 14.2. The van der Waals surface area contributed by atoms with Gasteiger partial charge in [-0.15, -0.1) is 6.58 Å². The van der Waals surface area contributed by atoms with E-state index in [2.05, 4.69) is 35.8 Å². The van der Waals surface area contributed by atoms with E-state index < -0.39 is 58.6 Å². The molecule has 3 fully saturated rings. The molecule has 6 atom stereocenters. The van der Waals surface area contributed by atoms with Crippen molar-refractivity contribution in [3.05, 3.63) is 12.7 Å². The number of fused-ring (bicyclic) bond motifs is 1. The third-order valence-corrected chi connectivity index (χ3v) is 10.2. The number of nitrogens with zero attached hydrogens (tertiary/aromatic N) is 1. The van der Waals surface area contributed by atoms with Crippen LogP contribution in [0, 0.1) is 23.2 Å². The Kier molecular flexibility index (Phi) is 12.3. The van der Waals surface area contributed by atoms with Crippen LogP contribution in [0.5, 0.6) is 0 Å². The zero-order valence-corrected chi connectivity index (χ0v) is 27.5. The first-order valence-corrected chi connectivity index (χ1v) is 16.8. The predicted molar refractivity (Wildman–Crippen MR) is 165 cm³/mol. The van der Waals surface area contributed by atoms with Gasteiger partial charge >= 0.3 is 5.97 Å². The second-order valence-electron chi connectivity index (χ2n) is 13.9. The average molecular weight is 639 g/mol. The van der Waals surface area contributed by atoms with E-state index in [9.17, 15) is 28.2 Å². The molecule has 2 aliphatic carbocycles. The smallest absolute Gasteiger partial charge is 0.303 e. The molecule has 44 heavy (non-hydrogen) atoms. The number of carbonyl (C=O) groups is 5. The number of aliphatic carboxylic acids is 1. The van der Waals surface area contributed by atoms with Crippen LogP contribution in [0.2, 0.25) is 0 Å². The summed E-state index contributed by atoms with van der Waals surface area (Å²) in [5, 5.41) is 14.0. The van der Waals surface area contributed by atoms with Crippen molar-refractivity contribution in [1.29, 1.82) is 0 Å².